The molecule has 2 N–H and O–H groups in total. The molecule has 22 heavy (non-hydrogen) atoms. The van der Waals surface area contributed by atoms with Gasteiger partial charge in [-0.05, 0) is 36.2 Å². The molecule has 6 heteroatoms. The average Bonchev–Trinajstić information content (AvgIpc) is 2.55. The topological polar surface area (TPSA) is 75.3 Å². The lowest BCUT2D eigenvalue weighted by Crippen LogP contribution is -2.32. The van der Waals surface area contributed by atoms with Crippen molar-refractivity contribution in [3.8, 4) is 0 Å². The van der Waals surface area contributed by atoms with Crippen LogP contribution in [0.2, 0.25) is 0 Å². The van der Waals surface area contributed by atoms with Gasteiger partial charge >= 0.3 is 0 Å². The van der Waals surface area contributed by atoms with Crippen molar-refractivity contribution in [2.24, 2.45) is 0 Å². The summed E-state index contributed by atoms with van der Waals surface area (Å²) >= 11 is 0. The van der Waals surface area contributed by atoms with Crippen LogP contribution in [0.15, 0.2) is 59.5 Å². The lowest BCUT2D eigenvalue weighted by molar-refractivity contribution is -0.115. The number of rotatable bonds is 6. The van der Waals surface area contributed by atoms with Crippen molar-refractivity contribution in [2.75, 3.05) is 11.9 Å². The molecule has 0 aliphatic heterocycles. The van der Waals surface area contributed by atoms with Gasteiger partial charge in [0.05, 0.1) is 11.4 Å². The zero-order valence-corrected chi connectivity index (χ0v) is 13.1. The number of amides is 1. The minimum absolute atomic E-state index is 0.134. The SMILES string of the molecule is CCc1ccc(NC(=O)CNS(=O)(=O)c2ccccc2)cc1. The Morgan fingerprint density at radius 2 is 1.64 bits per heavy atom. The molecule has 116 valence electrons. The predicted molar refractivity (Wildman–Crippen MR) is 86.1 cm³/mol. The molecule has 0 aromatic heterocycles. The Morgan fingerprint density at radius 3 is 2.23 bits per heavy atom. The van der Waals surface area contributed by atoms with Crippen molar-refractivity contribution in [1.82, 2.24) is 4.72 Å². The molecule has 0 saturated carbocycles. The molecule has 0 heterocycles. The van der Waals surface area contributed by atoms with Crippen molar-refractivity contribution in [3.05, 3.63) is 60.2 Å². The van der Waals surface area contributed by atoms with Gasteiger partial charge in [-0.25, -0.2) is 13.1 Å². The second kappa shape index (κ2) is 7.20. The van der Waals surface area contributed by atoms with E-state index in [1.165, 1.54) is 17.7 Å². The molecule has 0 unspecified atom stereocenters. The first kappa shape index (κ1) is 16.2. The van der Waals surface area contributed by atoms with Gasteiger partial charge < -0.3 is 5.32 Å². The van der Waals surface area contributed by atoms with Crippen LogP contribution in [0.25, 0.3) is 0 Å². The van der Waals surface area contributed by atoms with Crippen molar-refractivity contribution >= 4 is 21.6 Å². The van der Waals surface area contributed by atoms with Crippen LogP contribution in [0.5, 0.6) is 0 Å². The van der Waals surface area contributed by atoms with E-state index >= 15 is 0 Å². The predicted octanol–water partition coefficient (Wildman–Crippen LogP) is 2.17. The summed E-state index contributed by atoms with van der Waals surface area (Å²) in [5.74, 6) is -0.413. The van der Waals surface area contributed by atoms with E-state index < -0.39 is 15.9 Å². The van der Waals surface area contributed by atoms with Crippen molar-refractivity contribution in [1.29, 1.82) is 0 Å². The van der Waals surface area contributed by atoms with Gasteiger partial charge in [0.15, 0.2) is 0 Å². The lowest BCUT2D eigenvalue weighted by atomic mass is 10.1. The highest BCUT2D eigenvalue weighted by Crippen LogP contribution is 2.10. The van der Waals surface area contributed by atoms with Crippen LogP contribution in [0.4, 0.5) is 5.69 Å². The van der Waals surface area contributed by atoms with Gasteiger partial charge in [0.2, 0.25) is 15.9 Å². The number of carbonyl (C=O) groups excluding carboxylic acids is 1. The molecule has 0 fully saturated rings. The highest BCUT2D eigenvalue weighted by Gasteiger charge is 2.14. The van der Waals surface area contributed by atoms with E-state index in [9.17, 15) is 13.2 Å². The number of benzene rings is 2. The Hall–Kier alpha value is -2.18. The molecule has 0 radical (unpaired) electrons. The largest absolute Gasteiger partial charge is 0.325 e. The van der Waals surface area contributed by atoms with Gasteiger partial charge in [-0.3, -0.25) is 4.79 Å². The molecule has 1 amide bonds. The molecular weight excluding hydrogens is 300 g/mol. The summed E-state index contributed by atoms with van der Waals surface area (Å²) < 4.78 is 26.2. The lowest BCUT2D eigenvalue weighted by Gasteiger charge is -2.08. The van der Waals surface area contributed by atoms with Gasteiger partial charge in [0.25, 0.3) is 0 Å². The molecule has 0 spiro atoms. The number of sulfonamides is 1. The molecule has 0 atom stereocenters. The molecule has 2 aromatic rings. The van der Waals surface area contributed by atoms with E-state index in [0.717, 1.165) is 6.42 Å². The third-order valence-corrected chi connectivity index (χ3v) is 4.54. The van der Waals surface area contributed by atoms with Crippen molar-refractivity contribution in [3.63, 3.8) is 0 Å². The zero-order valence-electron chi connectivity index (χ0n) is 12.2. The second-order valence-electron chi connectivity index (χ2n) is 4.74. The summed E-state index contributed by atoms with van der Waals surface area (Å²) in [5.41, 5.74) is 1.81. The summed E-state index contributed by atoms with van der Waals surface area (Å²) in [6, 6.07) is 15.4. The fourth-order valence-electron chi connectivity index (χ4n) is 1.87. The van der Waals surface area contributed by atoms with Gasteiger partial charge in [-0.15, -0.1) is 0 Å². The Morgan fingerprint density at radius 1 is 1.00 bits per heavy atom. The smallest absolute Gasteiger partial charge is 0.241 e. The highest BCUT2D eigenvalue weighted by molar-refractivity contribution is 7.89. The van der Waals surface area contributed by atoms with Crippen LogP contribution in [0.1, 0.15) is 12.5 Å². The fraction of sp³-hybridized carbons (Fsp3) is 0.188. The van der Waals surface area contributed by atoms with Gasteiger partial charge in [0, 0.05) is 5.69 Å². The molecule has 2 rings (SSSR count). The average molecular weight is 318 g/mol. The Kier molecular flexibility index (Phi) is 5.30. The number of hydrogen-bond donors (Lipinski definition) is 2. The summed E-state index contributed by atoms with van der Waals surface area (Å²) in [6.07, 6.45) is 0.922. The normalized spacial score (nSPS) is 11.1. The van der Waals surface area contributed by atoms with E-state index in [1.807, 2.05) is 19.1 Å². The summed E-state index contributed by atoms with van der Waals surface area (Å²) in [5, 5.41) is 2.65. The van der Waals surface area contributed by atoms with Crippen LogP contribution in [-0.2, 0) is 21.2 Å². The minimum Gasteiger partial charge on any atom is -0.325 e. The molecule has 2 aromatic carbocycles. The second-order valence-corrected chi connectivity index (χ2v) is 6.50. The minimum atomic E-state index is -3.67. The Labute approximate surface area is 130 Å². The maximum absolute atomic E-state index is 12.0. The first-order valence-electron chi connectivity index (χ1n) is 6.95. The maximum atomic E-state index is 12.0. The number of hydrogen-bond acceptors (Lipinski definition) is 3. The van der Waals surface area contributed by atoms with E-state index in [4.69, 9.17) is 0 Å². The number of carbonyl (C=O) groups is 1. The molecule has 0 aliphatic rings. The summed E-state index contributed by atoms with van der Waals surface area (Å²) in [6.45, 7) is 1.73. The van der Waals surface area contributed by atoms with Crippen LogP contribution >= 0.6 is 0 Å². The van der Waals surface area contributed by atoms with Gasteiger partial charge in [-0.2, -0.15) is 0 Å². The van der Waals surface area contributed by atoms with Crippen molar-refractivity contribution in [2.45, 2.75) is 18.2 Å². The number of anilines is 1. The fourth-order valence-corrected chi connectivity index (χ4v) is 2.88. The maximum Gasteiger partial charge on any atom is 0.241 e. The van der Waals surface area contributed by atoms with Crippen LogP contribution in [-0.4, -0.2) is 20.9 Å². The third kappa shape index (κ3) is 4.41. The standard InChI is InChI=1S/C16H18N2O3S/c1-2-13-8-10-14(11-9-13)18-16(19)12-17-22(20,21)15-6-4-3-5-7-15/h3-11,17H,2,12H2,1H3,(H,18,19). The molecule has 0 aliphatic carbocycles. The molecule has 0 saturated heterocycles. The quantitative estimate of drug-likeness (QED) is 0.857. The monoisotopic (exact) mass is 318 g/mol. The van der Waals surface area contributed by atoms with Gasteiger partial charge in [0.1, 0.15) is 0 Å². The zero-order chi connectivity index (χ0) is 16.0. The summed E-state index contributed by atoms with van der Waals surface area (Å²) in [4.78, 5) is 11.9. The van der Waals surface area contributed by atoms with E-state index in [2.05, 4.69) is 10.0 Å². The first-order valence-corrected chi connectivity index (χ1v) is 8.43. The highest BCUT2D eigenvalue weighted by atomic mass is 32.2. The third-order valence-electron chi connectivity index (χ3n) is 3.12. The van der Waals surface area contributed by atoms with Crippen LogP contribution in [0, 0.1) is 0 Å². The Balaban J connectivity index is 1.92. The first-order chi connectivity index (χ1) is 10.5. The van der Waals surface area contributed by atoms with Gasteiger partial charge in [-0.1, -0.05) is 37.3 Å². The molecule has 0 bridgehead atoms. The van der Waals surface area contributed by atoms with E-state index in [1.54, 1.807) is 30.3 Å². The van der Waals surface area contributed by atoms with Crippen LogP contribution in [0.3, 0.4) is 0 Å². The number of aryl methyl sites for hydroxylation is 1. The molecule has 5 nitrogen and oxygen atoms in total. The van der Waals surface area contributed by atoms with E-state index in [-0.39, 0.29) is 11.4 Å². The summed E-state index contributed by atoms with van der Waals surface area (Å²) in [7, 11) is -3.67. The number of nitrogens with one attached hydrogen (secondary N) is 2. The van der Waals surface area contributed by atoms with Crippen molar-refractivity contribution < 1.29 is 13.2 Å². The molecular formula is C16H18N2O3S. The Bertz CT molecular complexity index is 726. The van der Waals surface area contributed by atoms with Crippen LogP contribution < -0.4 is 10.0 Å². The van der Waals surface area contributed by atoms with E-state index in [0.29, 0.717) is 5.69 Å².